The van der Waals surface area contributed by atoms with E-state index in [0.29, 0.717) is 6.54 Å². The molecule has 5 nitrogen and oxygen atoms in total. The third-order valence-corrected chi connectivity index (χ3v) is 2.80. The highest BCUT2D eigenvalue weighted by Gasteiger charge is 2.20. The number of carbonyl (C=O) groups excluding carboxylic acids is 2. The summed E-state index contributed by atoms with van der Waals surface area (Å²) < 4.78 is 17.1. The normalized spacial score (nSPS) is 12.1. The molecular weight excluding hydrogens is 251 g/mol. The Morgan fingerprint density at radius 1 is 1.37 bits per heavy atom. The number of alkyl carbamates (subject to hydrolysis) is 1. The van der Waals surface area contributed by atoms with Crippen molar-refractivity contribution in [3.63, 3.8) is 0 Å². The lowest BCUT2D eigenvalue weighted by Gasteiger charge is -2.23. The van der Waals surface area contributed by atoms with Crippen molar-refractivity contribution in [2.24, 2.45) is 0 Å². The number of hydrogen-bond acceptors (Lipinski definition) is 4. The molecule has 2 amide bonds. The van der Waals surface area contributed by atoms with E-state index < -0.39 is 18.0 Å². The number of hydrogen-bond donors (Lipinski definition) is 1. The molecule has 1 aromatic rings. The van der Waals surface area contributed by atoms with Crippen molar-refractivity contribution in [3.8, 4) is 0 Å². The van der Waals surface area contributed by atoms with Gasteiger partial charge in [0.15, 0.2) is 0 Å². The minimum absolute atomic E-state index is 0.303. The molecule has 0 bridgehead atoms. The number of halogens is 1. The third kappa shape index (κ3) is 4.67. The number of imide groups is 1. The van der Waals surface area contributed by atoms with Gasteiger partial charge in [-0.2, -0.15) is 0 Å². The molecule has 1 N–H and O–H groups in total. The molecule has 0 saturated carbocycles. The predicted molar refractivity (Wildman–Crippen MR) is 67.9 cm³/mol. The van der Waals surface area contributed by atoms with E-state index in [1.165, 1.54) is 19.2 Å². The monoisotopic (exact) mass is 268 g/mol. The van der Waals surface area contributed by atoms with Crippen LogP contribution in [0.3, 0.4) is 0 Å². The summed E-state index contributed by atoms with van der Waals surface area (Å²) in [7, 11) is 2.93. The molecule has 0 unspecified atom stereocenters. The van der Waals surface area contributed by atoms with Gasteiger partial charge in [-0.05, 0) is 31.7 Å². The van der Waals surface area contributed by atoms with Crippen molar-refractivity contribution in [1.82, 2.24) is 10.2 Å². The zero-order chi connectivity index (χ0) is 14.4. The third-order valence-electron chi connectivity index (χ3n) is 2.80. The van der Waals surface area contributed by atoms with Crippen molar-refractivity contribution in [2.75, 3.05) is 14.2 Å². The van der Waals surface area contributed by atoms with Gasteiger partial charge in [-0.3, -0.25) is 15.0 Å². The van der Waals surface area contributed by atoms with Gasteiger partial charge < -0.3 is 4.74 Å². The first kappa shape index (κ1) is 15.1. The first-order chi connectivity index (χ1) is 8.93. The van der Waals surface area contributed by atoms with Crippen LogP contribution in [0.15, 0.2) is 24.3 Å². The maximum Gasteiger partial charge on any atom is 0.413 e. The molecule has 104 valence electrons. The molecule has 0 spiro atoms. The van der Waals surface area contributed by atoms with Gasteiger partial charge in [0.05, 0.1) is 13.2 Å². The smallest absolute Gasteiger partial charge is 0.413 e. The Hall–Kier alpha value is -1.95. The minimum atomic E-state index is -0.785. The van der Waals surface area contributed by atoms with E-state index in [1.807, 2.05) is 0 Å². The van der Waals surface area contributed by atoms with Crippen LogP contribution in [0.4, 0.5) is 9.18 Å². The Morgan fingerprint density at radius 3 is 2.47 bits per heavy atom. The number of benzene rings is 1. The molecule has 0 aliphatic carbocycles. The summed E-state index contributed by atoms with van der Waals surface area (Å²) in [4.78, 5) is 24.4. The molecule has 19 heavy (non-hydrogen) atoms. The summed E-state index contributed by atoms with van der Waals surface area (Å²) >= 11 is 0. The minimum Gasteiger partial charge on any atom is -0.453 e. The first-order valence-corrected chi connectivity index (χ1v) is 5.77. The SMILES string of the molecule is COC(=O)NC(=O)[C@H](C)N(C)Cc1ccc(F)cc1. The molecule has 1 aromatic carbocycles. The average Bonchev–Trinajstić information content (AvgIpc) is 2.40. The fraction of sp³-hybridized carbons (Fsp3) is 0.385. The molecule has 1 rings (SSSR count). The van der Waals surface area contributed by atoms with Crippen LogP contribution < -0.4 is 5.32 Å². The highest BCUT2D eigenvalue weighted by atomic mass is 19.1. The number of nitrogens with zero attached hydrogens (tertiary/aromatic N) is 1. The van der Waals surface area contributed by atoms with Crippen molar-refractivity contribution < 1.29 is 18.7 Å². The summed E-state index contributed by atoms with van der Waals surface area (Å²) in [6.07, 6.45) is -0.785. The molecule has 0 radical (unpaired) electrons. The molecule has 0 aliphatic heterocycles. The van der Waals surface area contributed by atoms with Crippen molar-refractivity contribution in [3.05, 3.63) is 35.6 Å². The van der Waals surface area contributed by atoms with Crippen molar-refractivity contribution in [1.29, 1.82) is 0 Å². The van der Waals surface area contributed by atoms with Gasteiger partial charge >= 0.3 is 6.09 Å². The Kier molecular flexibility index (Phi) is 5.44. The number of rotatable bonds is 4. The number of amides is 2. The van der Waals surface area contributed by atoms with Crippen LogP contribution in [0.1, 0.15) is 12.5 Å². The van der Waals surface area contributed by atoms with Gasteiger partial charge in [0.25, 0.3) is 0 Å². The Balaban J connectivity index is 2.56. The largest absolute Gasteiger partial charge is 0.453 e. The second kappa shape index (κ2) is 6.84. The first-order valence-electron chi connectivity index (χ1n) is 5.77. The van der Waals surface area contributed by atoms with Crippen LogP contribution in [0, 0.1) is 5.82 Å². The van der Waals surface area contributed by atoms with Gasteiger partial charge in [-0.15, -0.1) is 0 Å². The predicted octanol–water partition coefficient (Wildman–Crippen LogP) is 1.53. The molecule has 0 aromatic heterocycles. The lowest BCUT2D eigenvalue weighted by atomic mass is 10.2. The van der Waals surface area contributed by atoms with E-state index in [2.05, 4.69) is 10.1 Å². The van der Waals surface area contributed by atoms with Crippen LogP contribution in [-0.4, -0.2) is 37.1 Å². The van der Waals surface area contributed by atoms with Gasteiger partial charge in [-0.1, -0.05) is 12.1 Å². The van der Waals surface area contributed by atoms with E-state index in [9.17, 15) is 14.0 Å². The van der Waals surface area contributed by atoms with Crippen LogP contribution in [0.25, 0.3) is 0 Å². The number of nitrogens with one attached hydrogen (secondary N) is 1. The Bertz CT molecular complexity index is 448. The quantitative estimate of drug-likeness (QED) is 0.899. The van der Waals surface area contributed by atoms with Gasteiger partial charge in [0.2, 0.25) is 5.91 Å². The van der Waals surface area contributed by atoms with E-state index in [-0.39, 0.29) is 5.82 Å². The van der Waals surface area contributed by atoms with E-state index in [4.69, 9.17) is 0 Å². The summed E-state index contributed by atoms with van der Waals surface area (Å²) in [5.41, 5.74) is 0.876. The summed E-state index contributed by atoms with van der Waals surface area (Å²) in [6, 6.07) is 5.52. The van der Waals surface area contributed by atoms with Crippen molar-refractivity contribution in [2.45, 2.75) is 19.5 Å². The second-order valence-corrected chi connectivity index (χ2v) is 4.20. The molecule has 6 heteroatoms. The summed E-state index contributed by atoms with van der Waals surface area (Å²) in [6.45, 7) is 2.14. The van der Waals surface area contributed by atoms with Crippen molar-refractivity contribution >= 4 is 12.0 Å². The zero-order valence-electron chi connectivity index (χ0n) is 11.1. The van der Waals surface area contributed by atoms with Crippen LogP contribution >= 0.6 is 0 Å². The van der Waals surface area contributed by atoms with Crippen LogP contribution in [0.5, 0.6) is 0 Å². The van der Waals surface area contributed by atoms with Gasteiger partial charge in [0, 0.05) is 6.54 Å². The Morgan fingerprint density at radius 2 is 1.95 bits per heavy atom. The highest BCUT2D eigenvalue weighted by Crippen LogP contribution is 2.08. The number of likely N-dealkylation sites (N-methyl/N-ethyl adjacent to an activating group) is 1. The molecule has 0 fully saturated rings. The molecule has 0 heterocycles. The summed E-state index contributed by atoms with van der Waals surface area (Å²) in [5, 5.41) is 2.10. The average molecular weight is 268 g/mol. The number of methoxy groups -OCH3 is 1. The molecule has 0 aliphatic rings. The Labute approximate surface area is 111 Å². The maximum absolute atomic E-state index is 12.8. The van der Waals surface area contributed by atoms with E-state index in [0.717, 1.165) is 5.56 Å². The topological polar surface area (TPSA) is 58.6 Å². The maximum atomic E-state index is 12.8. The standard InChI is InChI=1S/C13H17FN2O3/c1-9(12(17)15-13(18)19-3)16(2)8-10-4-6-11(14)7-5-10/h4-7,9H,8H2,1-3H3,(H,15,17,18)/t9-/m0/s1. The lowest BCUT2D eigenvalue weighted by molar-refractivity contribution is -0.124. The second-order valence-electron chi connectivity index (χ2n) is 4.20. The lowest BCUT2D eigenvalue weighted by Crippen LogP contribution is -2.45. The van der Waals surface area contributed by atoms with Gasteiger partial charge in [-0.25, -0.2) is 9.18 Å². The van der Waals surface area contributed by atoms with Gasteiger partial charge in [0.1, 0.15) is 5.82 Å². The number of ether oxygens (including phenoxy) is 1. The highest BCUT2D eigenvalue weighted by molar-refractivity contribution is 5.94. The van der Waals surface area contributed by atoms with Crippen LogP contribution in [0.2, 0.25) is 0 Å². The molecule has 0 saturated heterocycles. The summed E-state index contributed by atoms with van der Waals surface area (Å²) in [5.74, 6) is -0.751. The zero-order valence-corrected chi connectivity index (χ0v) is 11.1. The van der Waals surface area contributed by atoms with E-state index in [1.54, 1.807) is 31.0 Å². The molecular formula is C13H17FN2O3. The van der Waals surface area contributed by atoms with E-state index >= 15 is 0 Å². The van der Waals surface area contributed by atoms with Crippen LogP contribution in [-0.2, 0) is 16.1 Å². The fourth-order valence-electron chi connectivity index (χ4n) is 1.47. The number of carbonyl (C=O) groups is 2. The fourth-order valence-corrected chi connectivity index (χ4v) is 1.47. The molecule has 1 atom stereocenters.